The third-order valence-electron chi connectivity index (χ3n) is 9.20. The van der Waals surface area contributed by atoms with E-state index in [1.165, 1.54) is 0 Å². The number of phenolic OH excluding ortho intramolecular Hbond substituents is 1. The highest BCUT2D eigenvalue weighted by molar-refractivity contribution is 6.22. The minimum atomic E-state index is -5.18. The molecule has 0 saturated carbocycles. The lowest BCUT2D eigenvalue weighted by Gasteiger charge is -2.35. The van der Waals surface area contributed by atoms with Crippen LogP contribution in [0.25, 0.3) is 16.8 Å². The molecule has 1 fully saturated rings. The lowest BCUT2D eigenvalue weighted by molar-refractivity contribution is -0.143. The van der Waals surface area contributed by atoms with Crippen molar-refractivity contribution in [2.24, 2.45) is 17.8 Å². The number of carbonyl (C=O) groups is 2. The van der Waals surface area contributed by atoms with Crippen LogP contribution in [-0.2, 0) is 21.9 Å². The van der Waals surface area contributed by atoms with E-state index in [4.69, 9.17) is 0 Å². The van der Waals surface area contributed by atoms with E-state index in [-0.39, 0.29) is 24.7 Å². The molecule has 250 valence electrons. The molecule has 0 unspecified atom stereocenters. The maximum Gasteiger partial charge on any atom is 0.416 e. The van der Waals surface area contributed by atoms with Crippen LogP contribution in [0, 0.1) is 17.8 Å². The van der Waals surface area contributed by atoms with E-state index in [9.17, 15) is 51.3 Å². The van der Waals surface area contributed by atoms with E-state index in [0.29, 0.717) is 46.4 Å². The Morgan fingerprint density at radius 1 is 0.957 bits per heavy atom. The summed E-state index contributed by atoms with van der Waals surface area (Å²) in [6.45, 7) is 2.90. The Morgan fingerprint density at radius 3 is 2.15 bits per heavy atom. The number of anilines is 1. The Bertz CT molecular complexity index is 1740. The second kappa shape index (κ2) is 12.8. The maximum absolute atomic E-state index is 13.7. The summed E-state index contributed by atoms with van der Waals surface area (Å²) in [7, 11) is 0. The molecular weight excluding hydrogens is 628 g/mol. The number of imide groups is 1. The topological polar surface area (TPSA) is 98.1 Å². The summed E-state index contributed by atoms with van der Waals surface area (Å²) in [5, 5.41) is 33.6. The molecule has 1 saturated heterocycles. The van der Waals surface area contributed by atoms with E-state index in [1.807, 2.05) is 31.2 Å². The van der Waals surface area contributed by atoms with Crippen molar-refractivity contribution in [1.29, 1.82) is 0 Å². The van der Waals surface area contributed by atoms with Crippen LogP contribution < -0.4 is 4.90 Å². The number of nitrogens with zero attached hydrogens (tertiary/aromatic N) is 1. The number of phenols is 1. The number of hydrogen-bond donors (Lipinski definition) is 3. The zero-order valence-corrected chi connectivity index (χ0v) is 25.5. The van der Waals surface area contributed by atoms with Crippen molar-refractivity contribution in [3.05, 3.63) is 88.0 Å². The molecule has 4 atom stereocenters. The average Bonchev–Trinajstić information content (AvgIpc) is 3.26. The first kappa shape index (κ1) is 34.2. The van der Waals surface area contributed by atoms with E-state index < -0.39 is 71.4 Å². The first-order valence-electron chi connectivity index (χ1n) is 15.1. The summed E-state index contributed by atoms with van der Waals surface area (Å²) in [5.41, 5.74) is -1.49. The number of halogens is 6. The maximum atomic E-state index is 13.7. The second-order valence-corrected chi connectivity index (χ2v) is 12.1. The van der Waals surface area contributed by atoms with Gasteiger partial charge in [-0.25, -0.2) is 4.90 Å². The molecule has 0 spiro atoms. The van der Waals surface area contributed by atoms with Gasteiger partial charge in [-0.05, 0) is 73.4 Å². The number of benzene rings is 3. The summed E-state index contributed by atoms with van der Waals surface area (Å²) in [6.07, 6.45) is -8.37. The summed E-state index contributed by atoms with van der Waals surface area (Å²) >= 11 is 0. The molecule has 47 heavy (non-hydrogen) atoms. The van der Waals surface area contributed by atoms with Gasteiger partial charge < -0.3 is 15.3 Å². The van der Waals surface area contributed by atoms with Crippen LogP contribution in [0.1, 0.15) is 56.2 Å². The van der Waals surface area contributed by atoms with Crippen molar-refractivity contribution >= 4 is 34.4 Å². The number of fused-ring (bicyclic) bond motifs is 2. The summed E-state index contributed by atoms with van der Waals surface area (Å²) in [4.78, 5) is 27.5. The van der Waals surface area contributed by atoms with Crippen LogP contribution in [0.4, 0.5) is 32.0 Å². The van der Waals surface area contributed by atoms with Gasteiger partial charge in [0.2, 0.25) is 11.8 Å². The average molecular weight is 662 g/mol. The number of hydrogen-bond acceptors (Lipinski definition) is 5. The Morgan fingerprint density at radius 2 is 1.57 bits per heavy atom. The first-order chi connectivity index (χ1) is 22.1. The normalized spacial score (nSPS) is 21.5. The zero-order chi connectivity index (χ0) is 34.4. The molecule has 1 aliphatic heterocycles. The van der Waals surface area contributed by atoms with Gasteiger partial charge in [-0.15, -0.1) is 0 Å². The Balaban J connectivity index is 1.41. The molecule has 3 N–H and O–H groups in total. The van der Waals surface area contributed by atoms with Gasteiger partial charge in [-0.2, -0.15) is 26.3 Å². The van der Waals surface area contributed by atoms with Gasteiger partial charge in [-0.1, -0.05) is 54.5 Å². The standard InChI is InChI=1S/C35H33F6NO5/c1-3-19(13-20-9-11-28(44)25-7-5-4-6-24(20)25)8-10-29(45)30-18(2)12-26-31(27(30)17-43)33(47)42(32(26)46)23-15-21(34(36,37)38)14-22(16-23)35(39,40)41/h4-7,9,11,13-16,26-27,29,31,43-45H,3,8,10,12,17H2,1-2H3/b19-13+/t26-,27+,29-,31-/m1/s1. The highest BCUT2D eigenvalue weighted by atomic mass is 19.4. The van der Waals surface area contributed by atoms with Crippen molar-refractivity contribution in [2.45, 2.75) is 58.0 Å². The minimum Gasteiger partial charge on any atom is -0.507 e. The summed E-state index contributed by atoms with van der Waals surface area (Å²) in [6, 6.07) is 11.3. The monoisotopic (exact) mass is 661 g/mol. The van der Waals surface area contributed by atoms with Crippen LogP contribution >= 0.6 is 0 Å². The molecule has 6 nitrogen and oxygen atoms in total. The van der Waals surface area contributed by atoms with Crippen LogP contribution in [-0.4, -0.2) is 39.8 Å². The van der Waals surface area contributed by atoms with E-state index in [1.54, 1.807) is 25.1 Å². The van der Waals surface area contributed by atoms with Gasteiger partial charge in [0.25, 0.3) is 0 Å². The SMILES string of the molecule is CC/C(=C\c1ccc(O)c2ccccc12)CC[C@@H](O)C1=C(C)C[C@H]2C(=O)N(c3cc(C(F)(F)F)cc(C(F)(F)F)c3)C(=O)[C@H]2[C@H]1CO. The van der Waals surface area contributed by atoms with Crippen LogP contribution in [0.15, 0.2) is 71.3 Å². The fraction of sp³-hybridized carbons (Fsp3) is 0.371. The summed E-state index contributed by atoms with van der Waals surface area (Å²) < 4.78 is 81.3. The van der Waals surface area contributed by atoms with Gasteiger partial charge in [0.05, 0.1) is 41.4 Å². The molecule has 0 bridgehead atoms. The molecule has 3 aromatic rings. The Hall–Kier alpha value is -4.16. The van der Waals surface area contributed by atoms with Crippen LogP contribution in [0.5, 0.6) is 5.75 Å². The number of aromatic hydroxyl groups is 1. The molecule has 5 rings (SSSR count). The van der Waals surface area contributed by atoms with Gasteiger partial charge in [0.15, 0.2) is 0 Å². The van der Waals surface area contributed by atoms with Crippen molar-refractivity contribution in [1.82, 2.24) is 0 Å². The molecule has 0 aromatic heterocycles. The largest absolute Gasteiger partial charge is 0.507 e. The quantitative estimate of drug-likeness (QED) is 0.131. The fourth-order valence-electron chi connectivity index (χ4n) is 6.92. The second-order valence-electron chi connectivity index (χ2n) is 12.1. The predicted molar refractivity (Wildman–Crippen MR) is 163 cm³/mol. The van der Waals surface area contributed by atoms with Crippen LogP contribution in [0.2, 0.25) is 0 Å². The molecule has 1 heterocycles. The number of aliphatic hydroxyl groups excluding tert-OH is 2. The van der Waals surface area contributed by atoms with Gasteiger partial charge >= 0.3 is 12.4 Å². The Kier molecular flexibility index (Phi) is 9.31. The predicted octanol–water partition coefficient (Wildman–Crippen LogP) is 7.65. The van der Waals surface area contributed by atoms with E-state index in [2.05, 4.69) is 0 Å². The van der Waals surface area contributed by atoms with Crippen molar-refractivity contribution in [3.63, 3.8) is 0 Å². The van der Waals surface area contributed by atoms with E-state index in [0.717, 1.165) is 16.5 Å². The molecule has 2 aliphatic rings. The number of aliphatic hydroxyl groups is 2. The van der Waals surface area contributed by atoms with Crippen molar-refractivity contribution < 1.29 is 51.3 Å². The lowest BCUT2D eigenvalue weighted by Crippen LogP contribution is -2.38. The number of amides is 2. The smallest absolute Gasteiger partial charge is 0.416 e. The van der Waals surface area contributed by atoms with E-state index >= 15 is 0 Å². The number of alkyl halides is 6. The molecule has 12 heteroatoms. The number of rotatable bonds is 8. The molecule has 1 aliphatic carbocycles. The highest BCUT2D eigenvalue weighted by Crippen LogP contribution is 2.48. The third kappa shape index (κ3) is 6.53. The molecule has 3 aromatic carbocycles. The van der Waals surface area contributed by atoms with Gasteiger partial charge in [0.1, 0.15) is 5.75 Å². The first-order valence-corrected chi connectivity index (χ1v) is 15.1. The Labute approximate surface area is 266 Å². The third-order valence-corrected chi connectivity index (χ3v) is 9.20. The molecular formula is C35H33F6NO5. The van der Waals surface area contributed by atoms with Crippen molar-refractivity contribution in [2.75, 3.05) is 11.5 Å². The zero-order valence-electron chi connectivity index (χ0n) is 25.5. The summed E-state index contributed by atoms with van der Waals surface area (Å²) in [5.74, 6) is -5.34. The van der Waals surface area contributed by atoms with Gasteiger partial charge in [-0.3, -0.25) is 9.59 Å². The lowest BCUT2D eigenvalue weighted by atomic mass is 9.68. The van der Waals surface area contributed by atoms with Crippen molar-refractivity contribution in [3.8, 4) is 5.75 Å². The highest BCUT2D eigenvalue weighted by Gasteiger charge is 2.55. The van der Waals surface area contributed by atoms with Gasteiger partial charge in [0, 0.05) is 11.3 Å². The minimum absolute atomic E-state index is 0.0598. The van der Waals surface area contributed by atoms with Crippen LogP contribution in [0.3, 0.4) is 0 Å². The molecule has 2 amide bonds. The number of allylic oxidation sites excluding steroid dienone is 2. The molecule has 0 radical (unpaired) electrons. The number of carbonyl (C=O) groups excluding carboxylic acids is 2. The fourth-order valence-corrected chi connectivity index (χ4v) is 6.92.